The van der Waals surface area contributed by atoms with Gasteiger partial charge < -0.3 is 19.9 Å². The second kappa shape index (κ2) is 12.3. The standard InChI is InChI=1S/C27H37N3O3/c1-4-7-19-33-23-14-11-21(12-15-23)26(31)28-22-13-16-25(30-17-9-8-10-18-30)24(20-22)27(32)29(5-2)6-3/h11-16,20H,4-10,17-19H2,1-3H3,(H,28,31). The minimum absolute atomic E-state index is 0.00486. The molecule has 3 rings (SSSR count). The molecule has 1 aliphatic rings. The molecule has 1 saturated heterocycles. The molecule has 0 atom stereocenters. The number of benzene rings is 2. The van der Waals surface area contributed by atoms with Gasteiger partial charge in [0.2, 0.25) is 0 Å². The summed E-state index contributed by atoms with van der Waals surface area (Å²) < 4.78 is 5.68. The van der Waals surface area contributed by atoms with Gasteiger partial charge in [-0.3, -0.25) is 9.59 Å². The van der Waals surface area contributed by atoms with Crippen molar-refractivity contribution >= 4 is 23.2 Å². The number of anilines is 2. The van der Waals surface area contributed by atoms with Gasteiger partial charge in [0, 0.05) is 43.1 Å². The van der Waals surface area contributed by atoms with E-state index in [0.29, 0.717) is 36.5 Å². The molecule has 0 bridgehead atoms. The maximum Gasteiger partial charge on any atom is 0.256 e. The number of nitrogens with one attached hydrogen (secondary N) is 1. The highest BCUT2D eigenvalue weighted by Crippen LogP contribution is 2.29. The third-order valence-corrected chi connectivity index (χ3v) is 6.12. The lowest BCUT2D eigenvalue weighted by Gasteiger charge is -2.31. The predicted molar refractivity (Wildman–Crippen MR) is 135 cm³/mol. The van der Waals surface area contributed by atoms with Crippen LogP contribution in [0.15, 0.2) is 42.5 Å². The van der Waals surface area contributed by atoms with Crippen molar-refractivity contribution in [1.29, 1.82) is 0 Å². The van der Waals surface area contributed by atoms with E-state index in [0.717, 1.165) is 50.2 Å². The number of amides is 2. The first-order valence-electron chi connectivity index (χ1n) is 12.3. The molecule has 0 unspecified atom stereocenters. The smallest absolute Gasteiger partial charge is 0.256 e. The Kier molecular flexibility index (Phi) is 9.16. The third-order valence-electron chi connectivity index (χ3n) is 6.12. The van der Waals surface area contributed by atoms with Crippen LogP contribution in [-0.4, -0.2) is 49.5 Å². The molecule has 2 aromatic rings. The van der Waals surface area contributed by atoms with Gasteiger partial charge >= 0.3 is 0 Å². The number of hydrogen-bond acceptors (Lipinski definition) is 4. The number of nitrogens with zero attached hydrogens (tertiary/aromatic N) is 2. The number of hydrogen-bond donors (Lipinski definition) is 1. The summed E-state index contributed by atoms with van der Waals surface area (Å²) in [5.74, 6) is 0.560. The third kappa shape index (κ3) is 6.50. The largest absolute Gasteiger partial charge is 0.494 e. The number of carbonyl (C=O) groups excluding carboxylic acids is 2. The molecule has 6 heteroatoms. The zero-order valence-corrected chi connectivity index (χ0v) is 20.2. The Labute approximate surface area is 197 Å². The van der Waals surface area contributed by atoms with Crippen LogP contribution in [0.4, 0.5) is 11.4 Å². The van der Waals surface area contributed by atoms with Crippen molar-refractivity contribution in [3.63, 3.8) is 0 Å². The molecule has 1 fully saturated rings. The van der Waals surface area contributed by atoms with Crippen molar-refractivity contribution in [3.05, 3.63) is 53.6 Å². The van der Waals surface area contributed by atoms with Crippen LogP contribution in [0.3, 0.4) is 0 Å². The summed E-state index contributed by atoms with van der Waals surface area (Å²) in [4.78, 5) is 30.3. The van der Waals surface area contributed by atoms with Crippen LogP contribution in [-0.2, 0) is 0 Å². The highest BCUT2D eigenvalue weighted by Gasteiger charge is 2.22. The minimum atomic E-state index is -0.206. The number of carbonyl (C=O) groups is 2. The Bertz CT molecular complexity index is 917. The summed E-state index contributed by atoms with van der Waals surface area (Å²) >= 11 is 0. The lowest BCUT2D eigenvalue weighted by molar-refractivity contribution is 0.0773. The van der Waals surface area contributed by atoms with Gasteiger partial charge in [0.25, 0.3) is 11.8 Å². The van der Waals surface area contributed by atoms with Gasteiger partial charge in [-0.25, -0.2) is 0 Å². The highest BCUT2D eigenvalue weighted by atomic mass is 16.5. The average Bonchev–Trinajstić information content (AvgIpc) is 2.85. The summed E-state index contributed by atoms with van der Waals surface area (Å²) in [7, 11) is 0. The molecule has 2 amide bonds. The van der Waals surface area contributed by atoms with Gasteiger partial charge in [0.1, 0.15) is 5.75 Å². The maximum absolute atomic E-state index is 13.3. The SMILES string of the molecule is CCCCOc1ccc(C(=O)Nc2ccc(N3CCCCC3)c(C(=O)N(CC)CC)c2)cc1. The Morgan fingerprint density at radius 2 is 1.67 bits per heavy atom. The van der Waals surface area contributed by atoms with Gasteiger partial charge in [-0.2, -0.15) is 0 Å². The van der Waals surface area contributed by atoms with Crippen LogP contribution in [0, 0.1) is 0 Å². The second-order valence-corrected chi connectivity index (χ2v) is 8.44. The average molecular weight is 452 g/mol. The van der Waals surface area contributed by atoms with Gasteiger partial charge in [-0.1, -0.05) is 13.3 Å². The zero-order chi connectivity index (χ0) is 23.6. The number of unbranched alkanes of at least 4 members (excludes halogenated alkanes) is 1. The summed E-state index contributed by atoms with van der Waals surface area (Å²) in [5, 5.41) is 2.96. The van der Waals surface area contributed by atoms with E-state index in [9.17, 15) is 9.59 Å². The summed E-state index contributed by atoms with van der Waals surface area (Å²) in [6.07, 6.45) is 5.58. The van der Waals surface area contributed by atoms with Crippen molar-refractivity contribution in [1.82, 2.24) is 4.90 Å². The molecule has 2 aromatic carbocycles. The Morgan fingerprint density at radius 3 is 2.30 bits per heavy atom. The van der Waals surface area contributed by atoms with E-state index in [4.69, 9.17) is 4.74 Å². The van der Waals surface area contributed by atoms with Crippen LogP contribution in [0.2, 0.25) is 0 Å². The molecule has 0 aromatic heterocycles. The molecular formula is C27H37N3O3. The number of ether oxygens (including phenoxy) is 1. The molecule has 178 valence electrons. The first-order chi connectivity index (χ1) is 16.1. The fraction of sp³-hybridized carbons (Fsp3) is 0.481. The van der Waals surface area contributed by atoms with E-state index >= 15 is 0 Å². The van der Waals surface area contributed by atoms with E-state index in [-0.39, 0.29) is 11.8 Å². The summed E-state index contributed by atoms with van der Waals surface area (Å²) in [6, 6.07) is 12.9. The van der Waals surface area contributed by atoms with E-state index in [2.05, 4.69) is 17.1 Å². The quantitative estimate of drug-likeness (QED) is 0.478. The second-order valence-electron chi connectivity index (χ2n) is 8.44. The van der Waals surface area contributed by atoms with Crippen LogP contribution in [0.1, 0.15) is 73.6 Å². The Balaban J connectivity index is 1.79. The fourth-order valence-electron chi connectivity index (χ4n) is 4.12. The van der Waals surface area contributed by atoms with Crippen LogP contribution in [0.5, 0.6) is 5.75 Å². The van der Waals surface area contributed by atoms with Crippen molar-refractivity contribution in [3.8, 4) is 5.75 Å². The van der Waals surface area contributed by atoms with Crippen molar-refractivity contribution in [2.24, 2.45) is 0 Å². The molecule has 0 spiro atoms. The lowest BCUT2D eigenvalue weighted by atomic mass is 10.0. The number of rotatable bonds is 10. The highest BCUT2D eigenvalue weighted by molar-refractivity contribution is 6.06. The fourth-order valence-corrected chi connectivity index (χ4v) is 4.12. The topological polar surface area (TPSA) is 61.9 Å². The molecule has 0 saturated carbocycles. The molecule has 1 aliphatic heterocycles. The summed E-state index contributed by atoms with van der Waals surface area (Å²) in [5.41, 5.74) is 2.78. The van der Waals surface area contributed by atoms with Crippen molar-refractivity contribution in [2.75, 3.05) is 43.0 Å². The molecule has 0 aliphatic carbocycles. The molecule has 1 heterocycles. The van der Waals surface area contributed by atoms with Crippen molar-refractivity contribution < 1.29 is 14.3 Å². The van der Waals surface area contributed by atoms with Crippen LogP contribution < -0.4 is 15.0 Å². The lowest BCUT2D eigenvalue weighted by Crippen LogP contribution is -2.35. The van der Waals surface area contributed by atoms with Crippen LogP contribution >= 0.6 is 0 Å². The normalized spacial score (nSPS) is 13.5. The van der Waals surface area contributed by atoms with E-state index in [1.807, 2.05) is 49.1 Å². The van der Waals surface area contributed by atoms with Crippen LogP contribution in [0.25, 0.3) is 0 Å². The minimum Gasteiger partial charge on any atom is -0.494 e. The van der Waals surface area contributed by atoms with Crippen molar-refractivity contribution in [2.45, 2.75) is 52.9 Å². The first-order valence-corrected chi connectivity index (χ1v) is 12.3. The predicted octanol–water partition coefficient (Wildman–Crippen LogP) is 5.59. The van der Waals surface area contributed by atoms with Gasteiger partial charge in [-0.05, 0) is 82.0 Å². The Morgan fingerprint density at radius 1 is 0.970 bits per heavy atom. The molecule has 0 radical (unpaired) electrons. The molecular weight excluding hydrogens is 414 g/mol. The zero-order valence-electron chi connectivity index (χ0n) is 20.2. The molecule has 33 heavy (non-hydrogen) atoms. The monoisotopic (exact) mass is 451 g/mol. The molecule has 6 nitrogen and oxygen atoms in total. The number of piperidine rings is 1. The van der Waals surface area contributed by atoms with E-state index in [1.54, 1.807) is 12.1 Å². The van der Waals surface area contributed by atoms with E-state index < -0.39 is 0 Å². The summed E-state index contributed by atoms with van der Waals surface area (Å²) in [6.45, 7) is 9.99. The molecule has 1 N–H and O–H groups in total. The van der Waals surface area contributed by atoms with E-state index in [1.165, 1.54) is 6.42 Å². The van der Waals surface area contributed by atoms with Gasteiger partial charge in [0.15, 0.2) is 0 Å². The van der Waals surface area contributed by atoms with Gasteiger partial charge in [0.05, 0.1) is 12.2 Å². The Hall–Kier alpha value is -3.02. The maximum atomic E-state index is 13.3. The van der Waals surface area contributed by atoms with Gasteiger partial charge in [-0.15, -0.1) is 0 Å². The first kappa shape index (κ1) is 24.6.